The molecule has 0 aromatic heterocycles. The smallest absolute Gasteiger partial charge is 0.314 e. The van der Waals surface area contributed by atoms with E-state index < -0.39 is 0 Å². The van der Waals surface area contributed by atoms with Crippen molar-refractivity contribution in [2.45, 2.75) is 104 Å². The van der Waals surface area contributed by atoms with E-state index in [1.165, 1.54) is 12.0 Å². The maximum atomic E-state index is 13.0. The molecule has 4 nitrogen and oxygen atoms in total. The maximum Gasteiger partial charge on any atom is 0.314 e. The monoisotopic (exact) mass is 479 g/mol. The first-order chi connectivity index (χ1) is 16.9. The molecule has 2 aromatic carbocycles. The highest BCUT2D eigenvalue weighted by atomic mass is 16.5. The molecule has 192 valence electrons. The molecule has 4 heteroatoms. The van der Waals surface area contributed by atoms with Gasteiger partial charge in [-0.15, -0.1) is 0 Å². The van der Waals surface area contributed by atoms with E-state index in [1.807, 2.05) is 24.3 Å². The van der Waals surface area contributed by atoms with Crippen LogP contribution in [0.2, 0.25) is 0 Å². The van der Waals surface area contributed by atoms with E-state index in [-0.39, 0.29) is 24.4 Å². The topological polar surface area (TPSA) is 49.8 Å². The summed E-state index contributed by atoms with van der Waals surface area (Å²) in [6.07, 6.45) is 8.43. The van der Waals surface area contributed by atoms with Crippen molar-refractivity contribution in [1.29, 1.82) is 0 Å². The van der Waals surface area contributed by atoms with Crippen molar-refractivity contribution in [1.82, 2.24) is 4.90 Å². The third-order valence-electron chi connectivity index (χ3n) is 7.47. The molecular weight excluding hydrogens is 434 g/mol. The minimum absolute atomic E-state index is 0.00217. The van der Waals surface area contributed by atoms with Crippen LogP contribution in [-0.2, 0) is 11.4 Å². The molecule has 1 N–H and O–H groups in total. The van der Waals surface area contributed by atoms with E-state index in [9.17, 15) is 9.90 Å². The Hall–Kier alpha value is -2.17. The molecule has 1 fully saturated rings. The first-order valence-electron chi connectivity index (χ1n) is 13.7. The highest BCUT2D eigenvalue weighted by Crippen LogP contribution is 2.37. The molecule has 1 atom stereocenters. The van der Waals surface area contributed by atoms with Crippen LogP contribution in [0.3, 0.4) is 0 Å². The molecule has 0 heterocycles. The average molecular weight is 480 g/mol. The van der Waals surface area contributed by atoms with E-state index in [1.54, 1.807) is 0 Å². The number of benzene rings is 2. The lowest BCUT2D eigenvalue weighted by atomic mass is 9.85. The summed E-state index contributed by atoms with van der Waals surface area (Å²) in [5.41, 5.74) is 3.09. The van der Waals surface area contributed by atoms with Crippen LogP contribution in [-0.4, -0.2) is 34.6 Å². The summed E-state index contributed by atoms with van der Waals surface area (Å²) in [4.78, 5) is 15.6. The Morgan fingerprint density at radius 3 is 2.29 bits per heavy atom. The van der Waals surface area contributed by atoms with Crippen LogP contribution in [0.5, 0.6) is 5.75 Å². The number of ether oxygens (including phenoxy) is 1. The number of aliphatic hydroxyl groups excluding tert-OH is 1. The van der Waals surface area contributed by atoms with Gasteiger partial charge in [0.2, 0.25) is 0 Å². The van der Waals surface area contributed by atoms with Crippen LogP contribution < -0.4 is 4.74 Å². The quantitative estimate of drug-likeness (QED) is 0.201. The Balaban J connectivity index is 1.82. The maximum absolute atomic E-state index is 13.0. The Kier molecular flexibility index (Phi) is 10.8. The molecule has 1 unspecified atom stereocenters. The Morgan fingerprint density at radius 1 is 0.971 bits per heavy atom. The van der Waals surface area contributed by atoms with Gasteiger partial charge in [0, 0.05) is 23.6 Å². The zero-order chi connectivity index (χ0) is 25.2. The summed E-state index contributed by atoms with van der Waals surface area (Å²) in [5.74, 6) is 0.669. The first kappa shape index (κ1) is 27.4. The number of carbonyl (C=O) groups is 1. The molecule has 3 rings (SSSR count). The van der Waals surface area contributed by atoms with E-state index in [0.717, 1.165) is 62.6 Å². The second-order valence-corrected chi connectivity index (χ2v) is 10.7. The number of hydrogen-bond acceptors (Lipinski definition) is 4. The molecule has 1 saturated carbocycles. The second-order valence-electron chi connectivity index (χ2n) is 10.7. The first-order valence-corrected chi connectivity index (χ1v) is 13.7. The molecular formula is C31H45NO3. The molecule has 0 aliphatic heterocycles. The van der Waals surface area contributed by atoms with Crippen LogP contribution in [0.25, 0.3) is 0 Å². The van der Waals surface area contributed by atoms with Crippen LogP contribution in [0.4, 0.5) is 0 Å². The van der Waals surface area contributed by atoms with Crippen molar-refractivity contribution in [2.24, 2.45) is 5.92 Å². The van der Waals surface area contributed by atoms with Gasteiger partial charge >= 0.3 is 5.97 Å². The zero-order valence-corrected chi connectivity index (χ0v) is 22.2. The fraction of sp³-hybridized carbons (Fsp3) is 0.581. The van der Waals surface area contributed by atoms with E-state index >= 15 is 0 Å². The van der Waals surface area contributed by atoms with Gasteiger partial charge in [-0.25, -0.2) is 0 Å². The van der Waals surface area contributed by atoms with Gasteiger partial charge in [0.25, 0.3) is 0 Å². The summed E-state index contributed by atoms with van der Waals surface area (Å²) in [5, 5.41) is 9.86. The highest BCUT2D eigenvalue weighted by molar-refractivity contribution is 5.75. The number of aliphatic hydroxyl groups is 1. The molecule has 0 bridgehead atoms. The van der Waals surface area contributed by atoms with E-state index in [4.69, 9.17) is 4.74 Å². The summed E-state index contributed by atoms with van der Waals surface area (Å²) < 4.78 is 6.07. The minimum atomic E-state index is -0.0981. The van der Waals surface area contributed by atoms with Crippen molar-refractivity contribution in [2.75, 3.05) is 6.54 Å². The van der Waals surface area contributed by atoms with Crippen LogP contribution in [0, 0.1) is 5.92 Å². The number of carbonyl (C=O) groups excluding carboxylic acids is 1. The molecule has 1 aliphatic carbocycles. The van der Waals surface area contributed by atoms with Crippen molar-refractivity contribution >= 4 is 5.97 Å². The molecule has 0 radical (unpaired) electrons. The van der Waals surface area contributed by atoms with Crippen LogP contribution in [0.15, 0.2) is 48.5 Å². The summed E-state index contributed by atoms with van der Waals surface area (Å²) in [7, 11) is 0. The van der Waals surface area contributed by atoms with Crippen molar-refractivity contribution < 1.29 is 14.6 Å². The molecule has 0 spiro atoms. The number of nitrogens with zero attached hydrogens (tertiary/aromatic N) is 1. The van der Waals surface area contributed by atoms with Gasteiger partial charge in [-0.2, -0.15) is 0 Å². The van der Waals surface area contributed by atoms with Crippen LogP contribution >= 0.6 is 0 Å². The third kappa shape index (κ3) is 7.91. The lowest BCUT2D eigenvalue weighted by Gasteiger charge is -2.30. The third-order valence-corrected chi connectivity index (χ3v) is 7.47. The standard InChI is InChI=1S/C31H45NO3/c1-23(2)32(24(3)4)20-12-11-17-28(26-13-7-5-8-14-26)29-21-25(22-33)18-19-30(29)35-31(34)27-15-9-6-10-16-27/h5,7-8,13-14,18-19,21,23-24,27-28,33H,6,9-12,15-17,20,22H2,1-4H3. The Bertz CT molecular complexity index is 895. The van der Waals surface area contributed by atoms with Gasteiger partial charge in [-0.1, -0.05) is 62.1 Å². The number of unbranched alkanes of at least 4 members (excludes halogenated alkanes) is 1. The predicted octanol–water partition coefficient (Wildman–Crippen LogP) is 7.09. The second kappa shape index (κ2) is 13.8. The highest BCUT2D eigenvalue weighted by Gasteiger charge is 2.26. The van der Waals surface area contributed by atoms with Crippen LogP contribution in [0.1, 0.15) is 102 Å². The predicted molar refractivity (Wildman–Crippen MR) is 144 cm³/mol. The molecule has 2 aromatic rings. The molecule has 0 amide bonds. The summed E-state index contributed by atoms with van der Waals surface area (Å²) >= 11 is 0. The fourth-order valence-corrected chi connectivity index (χ4v) is 5.53. The van der Waals surface area contributed by atoms with Gasteiger partial charge in [0.15, 0.2) is 0 Å². The van der Waals surface area contributed by atoms with Crippen molar-refractivity contribution in [3.63, 3.8) is 0 Å². The van der Waals surface area contributed by atoms with E-state index in [2.05, 4.69) is 56.9 Å². The van der Waals surface area contributed by atoms with Gasteiger partial charge in [0.05, 0.1) is 12.5 Å². The normalized spacial score (nSPS) is 15.7. The number of hydrogen-bond donors (Lipinski definition) is 1. The summed E-state index contributed by atoms with van der Waals surface area (Å²) in [6, 6.07) is 17.4. The SMILES string of the molecule is CC(C)N(CCCCC(c1ccccc1)c1cc(CO)ccc1OC(=O)C1CCCCC1)C(C)C. The van der Waals surface area contributed by atoms with Gasteiger partial charge in [-0.3, -0.25) is 9.69 Å². The zero-order valence-electron chi connectivity index (χ0n) is 22.2. The molecule has 35 heavy (non-hydrogen) atoms. The Labute approximate surface area is 212 Å². The molecule has 1 aliphatic rings. The van der Waals surface area contributed by atoms with Gasteiger partial charge in [0.1, 0.15) is 5.75 Å². The summed E-state index contributed by atoms with van der Waals surface area (Å²) in [6.45, 7) is 10.1. The van der Waals surface area contributed by atoms with Gasteiger partial charge < -0.3 is 9.84 Å². The number of esters is 1. The largest absolute Gasteiger partial charge is 0.426 e. The van der Waals surface area contributed by atoms with E-state index in [0.29, 0.717) is 17.8 Å². The molecule has 0 saturated heterocycles. The van der Waals surface area contributed by atoms with Gasteiger partial charge in [-0.05, 0) is 83.2 Å². The Morgan fingerprint density at radius 2 is 1.66 bits per heavy atom. The van der Waals surface area contributed by atoms with Crippen molar-refractivity contribution in [3.05, 3.63) is 65.2 Å². The minimum Gasteiger partial charge on any atom is -0.426 e. The van der Waals surface area contributed by atoms with Crippen molar-refractivity contribution in [3.8, 4) is 5.75 Å². The number of rotatable bonds is 12. The lowest BCUT2D eigenvalue weighted by molar-refractivity contribution is -0.140. The lowest BCUT2D eigenvalue weighted by Crippen LogP contribution is -2.37. The fourth-order valence-electron chi connectivity index (χ4n) is 5.53. The average Bonchev–Trinajstić information content (AvgIpc) is 2.87.